The largest absolute Gasteiger partial charge is 0.342 e. The van der Waals surface area contributed by atoms with E-state index in [1.165, 1.54) is 19.3 Å². The zero-order valence-corrected chi connectivity index (χ0v) is 9.48. The number of hydrogen-bond donors (Lipinski definition) is 2. The normalized spacial score (nSPS) is 18.1. The highest BCUT2D eigenvalue weighted by atomic mass is 32.1. The topological polar surface area (TPSA) is 56.8 Å². The van der Waals surface area contributed by atoms with Gasteiger partial charge in [-0.1, -0.05) is 6.42 Å². The van der Waals surface area contributed by atoms with Gasteiger partial charge in [0, 0.05) is 13.1 Å². The molecule has 1 saturated heterocycles. The minimum Gasteiger partial charge on any atom is -0.302 e. The average molecular weight is 228 g/mol. The van der Waals surface area contributed by atoms with Gasteiger partial charge in [-0.3, -0.25) is 9.67 Å². The summed E-state index contributed by atoms with van der Waals surface area (Å²) in [7, 11) is 0. The number of likely N-dealkylation sites (tertiary alicyclic amines) is 1. The summed E-state index contributed by atoms with van der Waals surface area (Å²) < 4.78 is 2.06. The maximum absolute atomic E-state index is 11.3. The van der Waals surface area contributed by atoms with Crippen LogP contribution >= 0.6 is 12.2 Å². The summed E-state index contributed by atoms with van der Waals surface area (Å²) in [6.45, 7) is 3.89. The number of H-pyrrole nitrogens is 2. The van der Waals surface area contributed by atoms with E-state index in [1.54, 1.807) is 4.57 Å². The van der Waals surface area contributed by atoms with Crippen molar-refractivity contribution in [3.8, 4) is 0 Å². The smallest absolute Gasteiger partial charge is 0.302 e. The third-order valence-corrected chi connectivity index (χ3v) is 3.18. The van der Waals surface area contributed by atoms with Crippen molar-refractivity contribution in [2.45, 2.75) is 25.8 Å². The van der Waals surface area contributed by atoms with Crippen LogP contribution in [0.25, 0.3) is 0 Å². The van der Waals surface area contributed by atoms with Gasteiger partial charge in [-0.15, -0.1) is 0 Å². The molecule has 1 fully saturated rings. The Balaban J connectivity index is 1.92. The van der Waals surface area contributed by atoms with Crippen LogP contribution < -0.4 is 5.69 Å². The van der Waals surface area contributed by atoms with Gasteiger partial charge < -0.3 is 4.90 Å². The monoisotopic (exact) mass is 228 g/mol. The molecule has 0 aliphatic carbocycles. The van der Waals surface area contributed by atoms with Crippen LogP contribution in [-0.4, -0.2) is 39.3 Å². The van der Waals surface area contributed by atoms with Crippen molar-refractivity contribution < 1.29 is 0 Å². The number of rotatable bonds is 3. The summed E-state index contributed by atoms with van der Waals surface area (Å²) in [5, 5.41) is 5.13. The Morgan fingerprint density at radius 3 is 2.47 bits per heavy atom. The lowest BCUT2D eigenvalue weighted by atomic mass is 10.1. The highest BCUT2D eigenvalue weighted by Crippen LogP contribution is 2.07. The van der Waals surface area contributed by atoms with Crippen molar-refractivity contribution in [3.05, 3.63) is 15.3 Å². The number of nitrogens with one attached hydrogen (secondary N) is 2. The van der Waals surface area contributed by atoms with Crippen LogP contribution in [0, 0.1) is 4.77 Å². The molecule has 5 nitrogen and oxygen atoms in total. The van der Waals surface area contributed by atoms with E-state index in [1.807, 2.05) is 0 Å². The predicted octanol–water partition coefficient (Wildman–Crippen LogP) is 0.720. The number of aromatic amines is 2. The van der Waals surface area contributed by atoms with Gasteiger partial charge in [-0.05, 0) is 38.1 Å². The lowest BCUT2D eigenvalue weighted by molar-refractivity contribution is 0.219. The third-order valence-electron chi connectivity index (χ3n) is 2.86. The Morgan fingerprint density at radius 1 is 1.13 bits per heavy atom. The molecule has 2 rings (SSSR count). The first kappa shape index (κ1) is 10.6. The highest BCUT2D eigenvalue weighted by Gasteiger charge is 2.10. The molecule has 2 N–H and O–H groups in total. The number of nitrogens with zero attached hydrogens (tertiary/aromatic N) is 2. The van der Waals surface area contributed by atoms with Crippen molar-refractivity contribution in [2.24, 2.45) is 0 Å². The van der Waals surface area contributed by atoms with Gasteiger partial charge in [0.05, 0.1) is 0 Å². The van der Waals surface area contributed by atoms with E-state index in [4.69, 9.17) is 12.2 Å². The van der Waals surface area contributed by atoms with Crippen LogP contribution in [0.5, 0.6) is 0 Å². The van der Waals surface area contributed by atoms with Crippen LogP contribution in [-0.2, 0) is 6.54 Å². The maximum Gasteiger partial charge on any atom is 0.342 e. The van der Waals surface area contributed by atoms with Gasteiger partial charge in [0.25, 0.3) is 0 Å². The summed E-state index contributed by atoms with van der Waals surface area (Å²) in [5.41, 5.74) is -0.142. The van der Waals surface area contributed by atoms with Gasteiger partial charge in [-0.2, -0.15) is 0 Å². The molecular weight excluding hydrogens is 212 g/mol. The summed E-state index contributed by atoms with van der Waals surface area (Å²) in [5.74, 6) is 0. The molecule has 0 atom stereocenters. The van der Waals surface area contributed by atoms with Crippen LogP contribution in [0.2, 0.25) is 0 Å². The van der Waals surface area contributed by atoms with E-state index < -0.39 is 0 Å². The van der Waals surface area contributed by atoms with Crippen LogP contribution in [0.3, 0.4) is 0 Å². The average Bonchev–Trinajstić information content (AvgIpc) is 2.58. The molecule has 1 aliphatic heterocycles. The van der Waals surface area contributed by atoms with Crippen LogP contribution in [0.15, 0.2) is 4.79 Å². The van der Waals surface area contributed by atoms with Crippen molar-refractivity contribution in [2.75, 3.05) is 19.6 Å². The molecule has 1 aliphatic rings. The van der Waals surface area contributed by atoms with Gasteiger partial charge in [-0.25, -0.2) is 9.89 Å². The van der Waals surface area contributed by atoms with Gasteiger partial charge >= 0.3 is 5.69 Å². The van der Waals surface area contributed by atoms with E-state index in [0.717, 1.165) is 19.6 Å². The van der Waals surface area contributed by atoms with Gasteiger partial charge in [0.1, 0.15) is 0 Å². The maximum atomic E-state index is 11.3. The van der Waals surface area contributed by atoms with Gasteiger partial charge in [0.15, 0.2) is 4.77 Å². The zero-order valence-electron chi connectivity index (χ0n) is 8.66. The van der Waals surface area contributed by atoms with Crippen molar-refractivity contribution >= 4 is 12.2 Å². The minimum absolute atomic E-state index is 0.142. The lowest BCUT2D eigenvalue weighted by Gasteiger charge is -2.26. The number of hydrogen-bond acceptors (Lipinski definition) is 3. The predicted molar refractivity (Wildman–Crippen MR) is 60.5 cm³/mol. The molecule has 6 heteroatoms. The summed E-state index contributed by atoms with van der Waals surface area (Å²) in [4.78, 5) is 13.7. The molecule has 0 unspecified atom stereocenters. The van der Waals surface area contributed by atoms with E-state index in [0.29, 0.717) is 11.3 Å². The molecule has 2 heterocycles. The number of aromatic nitrogens is 3. The van der Waals surface area contributed by atoms with Crippen molar-refractivity contribution in [3.63, 3.8) is 0 Å². The summed E-state index contributed by atoms with van der Waals surface area (Å²) >= 11 is 5.00. The Labute approximate surface area is 93.1 Å². The summed E-state index contributed by atoms with van der Waals surface area (Å²) in [6.07, 6.45) is 3.88. The molecule has 15 heavy (non-hydrogen) atoms. The Hall–Kier alpha value is -0.880. The molecule has 0 aromatic carbocycles. The second kappa shape index (κ2) is 4.76. The molecule has 1 aromatic heterocycles. The molecule has 0 radical (unpaired) electrons. The van der Waals surface area contributed by atoms with Crippen molar-refractivity contribution in [1.82, 2.24) is 19.7 Å². The fourth-order valence-corrected chi connectivity index (χ4v) is 2.19. The quantitative estimate of drug-likeness (QED) is 0.750. The fourth-order valence-electron chi connectivity index (χ4n) is 1.96. The number of piperidine rings is 1. The zero-order chi connectivity index (χ0) is 10.7. The summed E-state index contributed by atoms with van der Waals surface area (Å²) in [6, 6.07) is 0. The molecule has 0 spiro atoms. The Bertz CT molecular complexity index is 385. The molecule has 0 bridgehead atoms. The van der Waals surface area contributed by atoms with E-state index >= 15 is 0 Å². The molecule has 0 saturated carbocycles. The van der Waals surface area contributed by atoms with Crippen LogP contribution in [0.4, 0.5) is 0 Å². The fraction of sp³-hybridized carbons (Fsp3) is 0.778. The second-order valence-electron chi connectivity index (χ2n) is 3.91. The van der Waals surface area contributed by atoms with E-state index in [2.05, 4.69) is 15.1 Å². The Kier molecular flexibility index (Phi) is 3.37. The standard InChI is InChI=1S/C9H16N4OS/c14-8-10-11-9(15)13(8)7-6-12-4-2-1-3-5-12/h1-7H2,(H,10,14)(H,11,15). The van der Waals surface area contributed by atoms with Crippen LogP contribution in [0.1, 0.15) is 19.3 Å². The molecule has 84 valence electrons. The molecule has 0 amide bonds. The van der Waals surface area contributed by atoms with Crippen molar-refractivity contribution in [1.29, 1.82) is 0 Å². The molecule has 1 aromatic rings. The van der Waals surface area contributed by atoms with Gasteiger partial charge in [0.2, 0.25) is 0 Å². The lowest BCUT2D eigenvalue weighted by Crippen LogP contribution is -2.34. The minimum atomic E-state index is -0.142. The Morgan fingerprint density at radius 2 is 1.87 bits per heavy atom. The second-order valence-corrected chi connectivity index (χ2v) is 4.30. The van der Waals surface area contributed by atoms with E-state index in [-0.39, 0.29) is 5.69 Å². The van der Waals surface area contributed by atoms with E-state index in [9.17, 15) is 4.79 Å². The molecular formula is C9H16N4OS. The first-order chi connectivity index (χ1) is 7.27. The third kappa shape index (κ3) is 2.57. The first-order valence-corrected chi connectivity index (χ1v) is 5.78. The SMILES string of the molecule is O=c1[nH][nH]c(=S)n1CCN1CCCCC1. The highest BCUT2D eigenvalue weighted by molar-refractivity contribution is 7.71. The first-order valence-electron chi connectivity index (χ1n) is 5.37.